The molecule has 1 aliphatic carbocycles. The summed E-state index contributed by atoms with van der Waals surface area (Å²) in [5.41, 5.74) is 3.81. The predicted molar refractivity (Wildman–Crippen MR) is 144 cm³/mol. The third-order valence-corrected chi connectivity index (χ3v) is 9.22. The Hall–Kier alpha value is -1.59. The summed E-state index contributed by atoms with van der Waals surface area (Å²) in [4.78, 5) is 21.4. The van der Waals surface area contributed by atoms with Crippen molar-refractivity contribution in [2.45, 2.75) is 91.1 Å². The number of fused-ring (bicyclic) bond motifs is 3. The molecule has 0 saturated carbocycles. The van der Waals surface area contributed by atoms with Crippen molar-refractivity contribution in [2.75, 3.05) is 5.75 Å². The van der Waals surface area contributed by atoms with E-state index >= 15 is 0 Å². The molecule has 0 fully saturated rings. The van der Waals surface area contributed by atoms with E-state index in [2.05, 4.69) is 58.9 Å². The molecule has 0 unspecified atom stereocenters. The van der Waals surface area contributed by atoms with Crippen LogP contribution in [0.5, 0.6) is 0 Å². The molecule has 0 spiro atoms. The minimum absolute atomic E-state index is 0.115. The van der Waals surface area contributed by atoms with Crippen molar-refractivity contribution >= 4 is 33.3 Å². The van der Waals surface area contributed by atoms with Gasteiger partial charge in [-0.05, 0) is 61.6 Å². The van der Waals surface area contributed by atoms with Crippen LogP contribution in [-0.4, -0.2) is 15.3 Å². The molecule has 3 aromatic rings. The Kier molecular flexibility index (Phi) is 7.69. The molecule has 1 aromatic carbocycles. The van der Waals surface area contributed by atoms with Crippen LogP contribution in [0.3, 0.4) is 0 Å². The zero-order valence-corrected chi connectivity index (χ0v) is 22.5. The highest BCUT2D eigenvalue weighted by Crippen LogP contribution is 2.42. The van der Waals surface area contributed by atoms with Crippen LogP contribution in [0.4, 0.5) is 0 Å². The fourth-order valence-corrected chi connectivity index (χ4v) is 7.18. The van der Waals surface area contributed by atoms with Crippen molar-refractivity contribution < 1.29 is 0 Å². The fourth-order valence-electron chi connectivity index (χ4n) is 4.83. The molecule has 2 aromatic heterocycles. The van der Waals surface area contributed by atoms with Gasteiger partial charge in [-0.1, -0.05) is 82.8 Å². The zero-order valence-electron chi connectivity index (χ0n) is 20.9. The fraction of sp³-hybridized carbons (Fsp3) is 0.571. The number of hydrogen-bond acceptors (Lipinski definition) is 4. The third kappa shape index (κ3) is 5.40. The van der Waals surface area contributed by atoms with Gasteiger partial charge in [0.05, 0.1) is 11.1 Å². The quantitative estimate of drug-likeness (QED) is 0.185. The first kappa shape index (κ1) is 24.5. The largest absolute Gasteiger partial charge is 0.268 e. The molecule has 1 aliphatic rings. The first-order valence-electron chi connectivity index (χ1n) is 12.6. The highest BCUT2D eigenvalue weighted by molar-refractivity contribution is 7.99. The highest BCUT2D eigenvalue weighted by atomic mass is 32.2. The Labute approximate surface area is 207 Å². The molecular weight excluding hydrogens is 444 g/mol. The monoisotopic (exact) mass is 482 g/mol. The highest BCUT2D eigenvalue weighted by Gasteiger charge is 2.32. The molecule has 0 N–H and O–H groups in total. The van der Waals surface area contributed by atoms with Gasteiger partial charge in [0.1, 0.15) is 4.83 Å². The Balaban J connectivity index is 1.73. The molecule has 3 nitrogen and oxygen atoms in total. The topological polar surface area (TPSA) is 34.9 Å². The van der Waals surface area contributed by atoms with Crippen molar-refractivity contribution in [3.05, 3.63) is 50.6 Å². The van der Waals surface area contributed by atoms with Crippen LogP contribution in [-0.2, 0) is 12.8 Å². The van der Waals surface area contributed by atoms with E-state index in [1.807, 2.05) is 4.57 Å². The van der Waals surface area contributed by atoms with Gasteiger partial charge < -0.3 is 0 Å². The summed E-state index contributed by atoms with van der Waals surface area (Å²) in [6.07, 6.45) is 9.49. The maximum Gasteiger partial charge on any atom is 0.267 e. The Bertz CT molecular complexity index is 1150. The minimum atomic E-state index is 0.115. The number of aryl methyl sites for hydroxylation is 2. The van der Waals surface area contributed by atoms with Crippen LogP contribution >= 0.6 is 23.1 Å². The molecule has 0 bridgehead atoms. The van der Waals surface area contributed by atoms with Gasteiger partial charge in [0, 0.05) is 10.6 Å². The number of thioether (sulfide) groups is 1. The number of thiophene rings is 1. The molecule has 33 heavy (non-hydrogen) atoms. The van der Waals surface area contributed by atoms with E-state index in [-0.39, 0.29) is 5.56 Å². The van der Waals surface area contributed by atoms with E-state index < -0.39 is 0 Å². The first-order valence-corrected chi connectivity index (χ1v) is 14.4. The van der Waals surface area contributed by atoms with E-state index in [1.54, 1.807) is 23.1 Å². The summed E-state index contributed by atoms with van der Waals surface area (Å²) >= 11 is 3.51. The van der Waals surface area contributed by atoms with E-state index in [9.17, 15) is 4.79 Å². The second-order valence-corrected chi connectivity index (χ2v) is 12.8. The molecule has 1 atom stereocenters. The lowest BCUT2D eigenvalue weighted by Crippen LogP contribution is -2.27. The van der Waals surface area contributed by atoms with Crippen LogP contribution in [0.15, 0.2) is 34.2 Å². The standard InChI is InChI=1S/C28H38N2OS2/c1-6-7-8-9-10-17-32-27-29-25-24(26(31)30(27)21-14-11-19(2)12-15-21)22-16-13-20(28(3,4)5)18-23(22)33-25/h11-12,14-15,20H,6-10,13,16-18H2,1-5H3/t20-/m1/s1. The Morgan fingerprint density at radius 2 is 1.85 bits per heavy atom. The molecule has 0 saturated heterocycles. The lowest BCUT2D eigenvalue weighted by atomic mass is 9.72. The Morgan fingerprint density at radius 3 is 2.55 bits per heavy atom. The average Bonchev–Trinajstić information content (AvgIpc) is 3.14. The number of rotatable bonds is 8. The molecule has 4 rings (SSSR count). The van der Waals surface area contributed by atoms with Crippen molar-refractivity contribution in [1.82, 2.24) is 9.55 Å². The average molecular weight is 483 g/mol. The van der Waals surface area contributed by atoms with Crippen LogP contribution in [0.25, 0.3) is 15.9 Å². The molecule has 2 heterocycles. The Morgan fingerprint density at radius 1 is 1.12 bits per heavy atom. The predicted octanol–water partition coefficient (Wildman–Crippen LogP) is 7.97. The van der Waals surface area contributed by atoms with Gasteiger partial charge in [-0.2, -0.15) is 0 Å². The second-order valence-electron chi connectivity index (χ2n) is 10.6. The molecule has 0 amide bonds. The van der Waals surface area contributed by atoms with Gasteiger partial charge in [0.25, 0.3) is 5.56 Å². The second kappa shape index (κ2) is 10.4. The van der Waals surface area contributed by atoms with Gasteiger partial charge in [-0.25, -0.2) is 4.98 Å². The summed E-state index contributed by atoms with van der Waals surface area (Å²) in [6, 6.07) is 8.29. The summed E-state index contributed by atoms with van der Waals surface area (Å²) in [7, 11) is 0. The third-order valence-electron chi connectivity index (χ3n) is 7.05. The minimum Gasteiger partial charge on any atom is -0.268 e. The molecule has 178 valence electrons. The zero-order chi connectivity index (χ0) is 23.6. The lowest BCUT2D eigenvalue weighted by molar-refractivity contribution is 0.218. The van der Waals surface area contributed by atoms with Crippen molar-refractivity contribution in [3.63, 3.8) is 0 Å². The number of aromatic nitrogens is 2. The van der Waals surface area contributed by atoms with Gasteiger partial charge in [0.15, 0.2) is 5.16 Å². The summed E-state index contributed by atoms with van der Waals surface area (Å²) in [5.74, 6) is 1.67. The number of benzene rings is 1. The maximum absolute atomic E-state index is 13.9. The summed E-state index contributed by atoms with van der Waals surface area (Å²) in [5, 5.41) is 1.72. The number of unbranched alkanes of at least 4 members (excludes halogenated alkanes) is 4. The van der Waals surface area contributed by atoms with Gasteiger partial charge >= 0.3 is 0 Å². The number of nitrogens with zero attached hydrogens (tertiary/aromatic N) is 2. The normalized spacial score (nSPS) is 16.3. The summed E-state index contributed by atoms with van der Waals surface area (Å²) < 4.78 is 1.88. The smallest absolute Gasteiger partial charge is 0.267 e. The summed E-state index contributed by atoms with van der Waals surface area (Å²) in [6.45, 7) is 11.4. The molecular formula is C28H38N2OS2. The van der Waals surface area contributed by atoms with Crippen LogP contribution in [0.2, 0.25) is 0 Å². The molecule has 0 radical (unpaired) electrons. The molecule has 5 heteroatoms. The van der Waals surface area contributed by atoms with E-state index in [0.717, 1.165) is 46.1 Å². The van der Waals surface area contributed by atoms with E-state index in [1.165, 1.54) is 48.1 Å². The van der Waals surface area contributed by atoms with Gasteiger partial charge in [0.2, 0.25) is 0 Å². The van der Waals surface area contributed by atoms with Gasteiger partial charge in [-0.15, -0.1) is 11.3 Å². The van der Waals surface area contributed by atoms with Gasteiger partial charge in [-0.3, -0.25) is 9.36 Å². The SMILES string of the molecule is CCCCCCCSc1nc2sc3c(c2c(=O)n1-c1ccc(C)cc1)CC[C@@H](C(C)(C)C)C3. The van der Waals surface area contributed by atoms with Crippen LogP contribution < -0.4 is 5.56 Å². The first-order chi connectivity index (χ1) is 15.8. The van der Waals surface area contributed by atoms with Crippen molar-refractivity contribution in [1.29, 1.82) is 0 Å². The van der Waals surface area contributed by atoms with Crippen molar-refractivity contribution in [2.24, 2.45) is 11.3 Å². The van der Waals surface area contributed by atoms with Crippen molar-refractivity contribution in [3.8, 4) is 5.69 Å². The van der Waals surface area contributed by atoms with Crippen LogP contribution in [0, 0.1) is 18.3 Å². The van der Waals surface area contributed by atoms with E-state index in [4.69, 9.17) is 4.98 Å². The maximum atomic E-state index is 13.9. The van der Waals surface area contributed by atoms with E-state index in [0.29, 0.717) is 11.3 Å². The molecule has 0 aliphatic heterocycles. The lowest BCUT2D eigenvalue weighted by Gasteiger charge is -2.33. The van der Waals surface area contributed by atoms with Crippen LogP contribution in [0.1, 0.15) is 82.2 Å². The number of hydrogen-bond donors (Lipinski definition) is 0.